The van der Waals surface area contributed by atoms with Crippen LogP contribution in [0.2, 0.25) is 0 Å². The van der Waals surface area contributed by atoms with Crippen molar-refractivity contribution in [2.24, 2.45) is 21.1 Å². The molecule has 0 aliphatic rings. The fourth-order valence-electron chi connectivity index (χ4n) is 13.2. The summed E-state index contributed by atoms with van der Waals surface area (Å²) in [5, 5.41) is 6.39. The average Bonchev–Trinajstić information content (AvgIpc) is 1.48. The summed E-state index contributed by atoms with van der Waals surface area (Å²) in [6.45, 7) is 34.3. The number of carbonyl (C=O) groups excluding carboxylic acids is 5. The van der Waals surface area contributed by atoms with Crippen LogP contribution in [0, 0.1) is 6.92 Å². The van der Waals surface area contributed by atoms with Crippen molar-refractivity contribution < 1.29 is 24.0 Å². The molecule has 0 atom stereocenters. The van der Waals surface area contributed by atoms with E-state index in [9.17, 15) is 24.0 Å². The monoisotopic (exact) mass is 1510 g/mol. The number of carbonyl (C=O) groups is 5. The molecule has 0 amide bonds. The first-order valence-corrected chi connectivity index (χ1v) is 39.2. The zero-order valence-electron chi connectivity index (χ0n) is 70.0. The Morgan fingerprint density at radius 3 is 1.18 bits per heavy atom. The van der Waals surface area contributed by atoms with Gasteiger partial charge in [-0.15, -0.1) is 0 Å². The molecule has 0 saturated carbocycles. The Morgan fingerprint density at radius 1 is 0.316 bits per heavy atom. The van der Waals surface area contributed by atoms with Gasteiger partial charge in [-0.3, -0.25) is 38.6 Å². The van der Waals surface area contributed by atoms with Crippen LogP contribution in [-0.4, -0.2) is 67.8 Å². The van der Waals surface area contributed by atoms with Gasteiger partial charge < -0.3 is 9.13 Å². The zero-order valence-corrected chi connectivity index (χ0v) is 70.0. The Labute approximate surface area is 674 Å². The number of aromatic nitrogens is 8. The molecular formula is C101H110N8O5. The summed E-state index contributed by atoms with van der Waals surface area (Å²) in [7, 11) is 5.85. The molecule has 0 unspecified atom stereocenters. The maximum atomic E-state index is 12.7. The number of aryl methyl sites for hydroxylation is 3. The molecule has 0 aliphatic carbocycles. The van der Waals surface area contributed by atoms with Gasteiger partial charge in [-0.05, 0) is 163 Å². The fraction of sp³-hybridized carbons (Fsp3) is 0.287. The fourth-order valence-corrected chi connectivity index (χ4v) is 13.2. The largest absolute Gasteiger partial charge is 0.331 e. The molecule has 13 heteroatoms. The number of hydrogen-bond acceptors (Lipinski definition) is 10. The first kappa shape index (κ1) is 84.5. The van der Waals surface area contributed by atoms with Gasteiger partial charge in [-0.1, -0.05) is 262 Å². The predicted molar refractivity (Wildman–Crippen MR) is 467 cm³/mol. The van der Waals surface area contributed by atoms with Crippen LogP contribution in [0.1, 0.15) is 217 Å². The smallest absolute Gasteiger partial charge is 0.170 e. The Balaban J connectivity index is 0.000000151. The van der Waals surface area contributed by atoms with Crippen molar-refractivity contribution >= 4 is 61.8 Å². The molecule has 14 aromatic rings. The van der Waals surface area contributed by atoms with Crippen LogP contribution in [-0.2, 0) is 80.3 Å². The summed E-state index contributed by atoms with van der Waals surface area (Å²) in [6.07, 6.45) is 9.07. The van der Waals surface area contributed by atoms with Gasteiger partial charge in [-0.2, -0.15) is 5.10 Å². The summed E-state index contributed by atoms with van der Waals surface area (Å²) in [5.74, 6) is 2.23. The van der Waals surface area contributed by atoms with Crippen LogP contribution in [0.4, 0.5) is 0 Å². The van der Waals surface area contributed by atoms with Crippen molar-refractivity contribution in [2.45, 2.75) is 170 Å². The molecule has 9 aromatic carbocycles. The van der Waals surface area contributed by atoms with E-state index in [1.807, 2.05) is 248 Å². The summed E-state index contributed by atoms with van der Waals surface area (Å²) >= 11 is 0. The lowest BCUT2D eigenvalue weighted by Gasteiger charge is -2.19. The molecule has 0 fully saturated rings. The normalized spacial score (nSPS) is 11.6. The van der Waals surface area contributed by atoms with Gasteiger partial charge in [0, 0.05) is 97.1 Å². The zero-order chi connectivity index (χ0) is 82.5. The highest BCUT2D eigenvalue weighted by molar-refractivity contribution is 6.01. The molecule has 0 radical (unpaired) electrons. The molecule has 13 nitrogen and oxygen atoms in total. The summed E-state index contributed by atoms with van der Waals surface area (Å²) < 4.78 is 5.84. The van der Waals surface area contributed by atoms with Crippen LogP contribution < -0.4 is 0 Å². The summed E-state index contributed by atoms with van der Waals surface area (Å²) in [6, 6.07) is 77.7. The quantitative estimate of drug-likeness (QED) is 0.0850. The van der Waals surface area contributed by atoms with Crippen molar-refractivity contribution in [1.29, 1.82) is 0 Å². The van der Waals surface area contributed by atoms with E-state index in [2.05, 4.69) is 171 Å². The van der Waals surface area contributed by atoms with Gasteiger partial charge in [0.2, 0.25) is 0 Å². The van der Waals surface area contributed by atoms with Crippen LogP contribution in [0.15, 0.2) is 261 Å². The SMILES string of the molecule is CC(C)(C)c1cccc(C(=O)Cc2cnc3ccccc3c2)c1.Cc1cc(CC(=O)c2cccc(C(C)(C)C)c2)ccn1.Cn1c(-c2ccccc2)cnc1CC(=O)c1cccc(C(C)(C)C)c1.Cn1c(CC(=O)c2cccc(C(C)(C)C)c2)nc2ccccc21.Cn1ncc2cc(CC(=O)c3cccc(C(C)(C)C)c3)ccc21. The number of nitrogens with zero attached hydrogens (tertiary/aromatic N) is 8. The van der Waals surface area contributed by atoms with Crippen LogP contribution >= 0.6 is 0 Å². The van der Waals surface area contributed by atoms with Crippen molar-refractivity contribution in [2.75, 3.05) is 0 Å². The highest BCUT2D eigenvalue weighted by Gasteiger charge is 2.23. The van der Waals surface area contributed by atoms with E-state index < -0.39 is 0 Å². The second kappa shape index (κ2) is 36.2. The van der Waals surface area contributed by atoms with Crippen molar-refractivity contribution in [3.05, 3.63) is 351 Å². The molecule has 0 spiro atoms. The molecule has 5 aromatic heterocycles. The van der Waals surface area contributed by atoms with E-state index in [1.54, 1.807) is 12.4 Å². The van der Waals surface area contributed by atoms with E-state index in [0.717, 1.165) is 106 Å². The molecule has 5 heterocycles. The Kier molecular flexibility index (Phi) is 26.9. The van der Waals surface area contributed by atoms with Crippen molar-refractivity contribution in [1.82, 2.24) is 38.9 Å². The van der Waals surface area contributed by atoms with E-state index in [-0.39, 0.29) is 56.0 Å². The maximum Gasteiger partial charge on any atom is 0.170 e. The molecule has 584 valence electrons. The average molecular weight is 1520 g/mol. The highest BCUT2D eigenvalue weighted by Crippen LogP contribution is 2.30. The first-order valence-electron chi connectivity index (χ1n) is 39.2. The van der Waals surface area contributed by atoms with E-state index in [1.165, 1.54) is 27.8 Å². The van der Waals surface area contributed by atoms with Gasteiger partial charge >= 0.3 is 0 Å². The number of para-hydroxylation sites is 3. The minimum atomic E-state index is 0.0278. The third kappa shape index (κ3) is 22.7. The third-order valence-electron chi connectivity index (χ3n) is 20.4. The molecular weight excluding hydrogens is 1410 g/mol. The van der Waals surface area contributed by atoms with Gasteiger partial charge in [0.05, 0.1) is 53.0 Å². The van der Waals surface area contributed by atoms with Gasteiger partial charge in [-0.25, -0.2) is 9.97 Å². The van der Waals surface area contributed by atoms with Crippen molar-refractivity contribution in [3.63, 3.8) is 0 Å². The second-order valence-corrected chi connectivity index (χ2v) is 34.7. The number of ketones is 5. The minimum Gasteiger partial charge on any atom is -0.331 e. The molecule has 0 bridgehead atoms. The lowest BCUT2D eigenvalue weighted by Crippen LogP contribution is -2.13. The van der Waals surface area contributed by atoms with Crippen LogP contribution in [0.5, 0.6) is 0 Å². The number of benzene rings is 9. The number of rotatable bonds is 16. The van der Waals surface area contributed by atoms with Crippen molar-refractivity contribution in [3.8, 4) is 11.3 Å². The maximum absolute atomic E-state index is 12.7. The van der Waals surface area contributed by atoms with Gasteiger partial charge in [0.1, 0.15) is 11.6 Å². The molecule has 0 saturated heterocycles. The van der Waals surface area contributed by atoms with Gasteiger partial charge in [0.15, 0.2) is 28.9 Å². The van der Waals surface area contributed by atoms with Gasteiger partial charge in [0.25, 0.3) is 0 Å². The van der Waals surface area contributed by atoms with Crippen LogP contribution in [0.3, 0.4) is 0 Å². The third-order valence-corrected chi connectivity index (χ3v) is 20.4. The lowest BCUT2D eigenvalue weighted by molar-refractivity contribution is 0.0981. The molecule has 114 heavy (non-hydrogen) atoms. The number of Topliss-reactive ketones (excluding diaryl/α,β-unsaturated/α-hetero) is 5. The predicted octanol–water partition coefficient (Wildman–Crippen LogP) is 22.5. The first-order chi connectivity index (χ1) is 53.9. The number of imidazole rings is 2. The number of pyridine rings is 2. The van der Waals surface area contributed by atoms with E-state index in [0.29, 0.717) is 32.1 Å². The lowest BCUT2D eigenvalue weighted by atomic mass is 9.85. The molecule has 0 aliphatic heterocycles. The minimum absolute atomic E-state index is 0.0278. The molecule has 14 rings (SSSR count). The van der Waals surface area contributed by atoms with Crippen LogP contribution in [0.25, 0.3) is 44.1 Å². The van der Waals surface area contributed by atoms with E-state index >= 15 is 0 Å². The second-order valence-electron chi connectivity index (χ2n) is 34.7. The molecule has 0 N–H and O–H groups in total. The number of hydrogen-bond donors (Lipinski definition) is 0. The standard InChI is InChI=1S/C22H24N2O.C21H21NO.2C20H22N2O.C18H21NO/c1-22(2,3)18-12-8-11-17(13-18)20(25)14-21-23-15-19(24(21)4)16-9-6-5-7-10-16;1-21(2,3)18-9-6-8-17(13-18)20(23)12-15-11-16-7-4-5-10-19(16)22-14-15;1-20(2,3)15-9-7-8-14(12-15)18(23)13-19-21-16-10-5-6-11-17(16)22(19)4;1-20(2,3)17-7-5-6-15(12-17)19(23)11-14-8-9-18-16(10-14)13-21-22(18)4;1-13-10-14(8-9-19-13)11-17(20)15-6-5-7-16(12-15)18(2,3)4/h5-13,15H,14H2,1-4H3;4-11,13-14H,12H2,1-3H3;5-12H,13H2,1-4H3;5-10,12-13H,11H2,1-4H3;5-10,12H,11H2,1-4H3. The number of fused-ring (bicyclic) bond motifs is 3. The Bertz CT molecular complexity index is 5740. The van der Waals surface area contributed by atoms with E-state index in [4.69, 9.17) is 0 Å². The summed E-state index contributed by atoms with van der Waals surface area (Å²) in [4.78, 5) is 80.7. The highest BCUT2D eigenvalue weighted by atomic mass is 16.1. The Hall–Kier alpha value is -12.0. The topological polar surface area (TPSA) is 165 Å². The Morgan fingerprint density at radius 2 is 0.719 bits per heavy atom. The summed E-state index contributed by atoms with van der Waals surface area (Å²) in [5.41, 5.74) is 20.0.